The number of aromatic nitrogens is 4. The molecule has 0 saturated carbocycles. The van der Waals surface area contributed by atoms with Crippen molar-refractivity contribution in [3.63, 3.8) is 0 Å². The highest BCUT2D eigenvalue weighted by molar-refractivity contribution is 6.16. The van der Waals surface area contributed by atoms with Crippen molar-refractivity contribution in [2.45, 2.75) is 0 Å². The Hall–Kier alpha value is -4.44. The normalized spacial score (nSPS) is 11.8. The standard InChI is InChI=1S/C28H18N4/c1-2-8-19(9-3-1)31-25-12-6-4-10-21(25)23-18-24-22-11-5-7-13-26(22)32(28(24)30-27(23)31)20-14-16-29-17-15-20/h1-18H. The highest BCUT2D eigenvalue weighted by Crippen LogP contribution is 2.37. The number of rotatable bonds is 2. The van der Waals surface area contributed by atoms with E-state index in [4.69, 9.17) is 4.98 Å². The highest BCUT2D eigenvalue weighted by Gasteiger charge is 2.19. The van der Waals surface area contributed by atoms with Gasteiger partial charge >= 0.3 is 0 Å². The molecule has 0 aliphatic rings. The van der Waals surface area contributed by atoms with E-state index in [0.717, 1.165) is 44.5 Å². The van der Waals surface area contributed by atoms with Crippen molar-refractivity contribution in [1.82, 2.24) is 19.1 Å². The first kappa shape index (κ1) is 17.3. The van der Waals surface area contributed by atoms with Crippen LogP contribution in [-0.4, -0.2) is 19.1 Å². The van der Waals surface area contributed by atoms with Crippen molar-refractivity contribution < 1.29 is 0 Å². The number of hydrogen-bond donors (Lipinski definition) is 0. The van der Waals surface area contributed by atoms with E-state index in [9.17, 15) is 0 Å². The molecular weight excluding hydrogens is 392 g/mol. The van der Waals surface area contributed by atoms with Crippen LogP contribution in [0.2, 0.25) is 0 Å². The molecule has 4 nitrogen and oxygen atoms in total. The van der Waals surface area contributed by atoms with Crippen LogP contribution in [0.25, 0.3) is 55.2 Å². The Morgan fingerprint density at radius 3 is 1.56 bits per heavy atom. The zero-order valence-corrected chi connectivity index (χ0v) is 17.2. The smallest absolute Gasteiger partial charge is 0.148 e. The molecule has 0 amide bonds. The van der Waals surface area contributed by atoms with Gasteiger partial charge in [0.1, 0.15) is 11.3 Å². The number of nitrogens with zero attached hydrogens (tertiary/aromatic N) is 4. The van der Waals surface area contributed by atoms with Gasteiger partial charge in [0.15, 0.2) is 0 Å². The second kappa shape index (κ2) is 6.53. The predicted molar refractivity (Wildman–Crippen MR) is 131 cm³/mol. The van der Waals surface area contributed by atoms with Crippen LogP contribution in [0, 0.1) is 0 Å². The van der Waals surface area contributed by atoms with Crippen LogP contribution >= 0.6 is 0 Å². The van der Waals surface area contributed by atoms with Crippen LogP contribution in [-0.2, 0) is 0 Å². The Morgan fingerprint density at radius 2 is 0.969 bits per heavy atom. The monoisotopic (exact) mass is 410 g/mol. The van der Waals surface area contributed by atoms with E-state index in [1.807, 2.05) is 30.6 Å². The van der Waals surface area contributed by atoms with Crippen molar-refractivity contribution in [3.05, 3.63) is 109 Å². The van der Waals surface area contributed by atoms with E-state index in [1.165, 1.54) is 10.8 Å². The van der Waals surface area contributed by atoms with Crippen molar-refractivity contribution in [1.29, 1.82) is 0 Å². The van der Waals surface area contributed by atoms with Gasteiger partial charge in [-0.3, -0.25) is 14.1 Å². The van der Waals surface area contributed by atoms with Crippen LogP contribution < -0.4 is 0 Å². The lowest BCUT2D eigenvalue weighted by atomic mass is 10.1. The van der Waals surface area contributed by atoms with Gasteiger partial charge in [-0.15, -0.1) is 0 Å². The van der Waals surface area contributed by atoms with Gasteiger partial charge < -0.3 is 0 Å². The Kier molecular flexibility index (Phi) is 3.52. The molecule has 0 N–H and O–H groups in total. The maximum Gasteiger partial charge on any atom is 0.148 e. The molecule has 7 aromatic rings. The van der Waals surface area contributed by atoms with Crippen LogP contribution in [0.5, 0.6) is 0 Å². The zero-order chi connectivity index (χ0) is 21.1. The van der Waals surface area contributed by atoms with Crippen LogP contribution in [0.3, 0.4) is 0 Å². The molecule has 0 spiro atoms. The fourth-order valence-corrected chi connectivity index (χ4v) is 4.85. The summed E-state index contributed by atoms with van der Waals surface area (Å²) in [4.78, 5) is 9.52. The molecule has 4 heteroatoms. The second-order valence-electron chi connectivity index (χ2n) is 7.98. The molecule has 0 atom stereocenters. The van der Waals surface area contributed by atoms with Gasteiger partial charge in [0, 0.05) is 39.6 Å². The molecule has 0 aliphatic heterocycles. The maximum absolute atomic E-state index is 5.31. The Morgan fingerprint density at radius 1 is 0.469 bits per heavy atom. The highest BCUT2D eigenvalue weighted by atomic mass is 15.1. The number of benzene rings is 3. The third kappa shape index (κ3) is 2.32. The van der Waals surface area contributed by atoms with E-state index in [1.54, 1.807) is 0 Å². The SMILES string of the molecule is c1ccc(-n2c3ccccc3c3cc4c5ccccc5n(-c5ccncc5)c4nc32)cc1. The van der Waals surface area contributed by atoms with Gasteiger partial charge in [-0.2, -0.15) is 0 Å². The number of para-hydroxylation sites is 3. The van der Waals surface area contributed by atoms with Gasteiger partial charge in [-0.1, -0.05) is 54.6 Å². The van der Waals surface area contributed by atoms with Crippen LogP contribution in [0.4, 0.5) is 0 Å². The fourth-order valence-electron chi connectivity index (χ4n) is 4.85. The third-order valence-corrected chi connectivity index (χ3v) is 6.21. The molecule has 150 valence electrons. The van der Waals surface area contributed by atoms with Crippen molar-refractivity contribution in [3.8, 4) is 11.4 Å². The van der Waals surface area contributed by atoms with Crippen molar-refractivity contribution >= 4 is 43.9 Å². The zero-order valence-electron chi connectivity index (χ0n) is 17.2. The summed E-state index contributed by atoms with van der Waals surface area (Å²) in [7, 11) is 0. The molecule has 0 unspecified atom stereocenters. The van der Waals surface area contributed by atoms with Gasteiger partial charge in [-0.05, 0) is 42.5 Å². The minimum absolute atomic E-state index is 0.949. The molecule has 4 aromatic heterocycles. The quantitative estimate of drug-likeness (QED) is 0.319. The van der Waals surface area contributed by atoms with E-state index in [2.05, 4.69) is 93.0 Å². The minimum atomic E-state index is 0.949. The number of pyridine rings is 2. The van der Waals surface area contributed by atoms with Crippen LogP contribution in [0.1, 0.15) is 0 Å². The molecule has 3 aromatic carbocycles. The third-order valence-electron chi connectivity index (χ3n) is 6.21. The molecular formula is C28H18N4. The summed E-state index contributed by atoms with van der Waals surface area (Å²) in [6.07, 6.45) is 3.66. The first-order valence-corrected chi connectivity index (χ1v) is 10.7. The predicted octanol–water partition coefficient (Wildman–Crippen LogP) is 6.67. The topological polar surface area (TPSA) is 35.6 Å². The average molecular weight is 410 g/mol. The summed E-state index contributed by atoms with van der Waals surface area (Å²) in [6, 6.07) is 33.9. The Labute approximate surface area is 184 Å². The molecule has 0 saturated heterocycles. The first-order chi connectivity index (χ1) is 15.9. The second-order valence-corrected chi connectivity index (χ2v) is 7.98. The molecule has 7 rings (SSSR count). The lowest BCUT2D eigenvalue weighted by molar-refractivity contribution is 1.10. The summed E-state index contributed by atoms with van der Waals surface area (Å²) in [5.74, 6) is 0. The molecule has 0 fully saturated rings. The van der Waals surface area contributed by atoms with Gasteiger partial charge in [0.25, 0.3) is 0 Å². The van der Waals surface area contributed by atoms with Gasteiger partial charge in [0.2, 0.25) is 0 Å². The summed E-state index contributed by atoms with van der Waals surface area (Å²) in [5, 5.41) is 4.72. The molecule has 32 heavy (non-hydrogen) atoms. The molecule has 4 heterocycles. The minimum Gasteiger partial charge on any atom is -0.294 e. The lowest BCUT2D eigenvalue weighted by Crippen LogP contribution is -1.98. The lowest BCUT2D eigenvalue weighted by Gasteiger charge is -2.08. The largest absolute Gasteiger partial charge is 0.294 e. The fraction of sp³-hybridized carbons (Fsp3) is 0. The van der Waals surface area contributed by atoms with E-state index < -0.39 is 0 Å². The first-order valence-electron chi connectivity index (χ1n) is 10.7. The van der Waals surface area contributed by atoms with E-state index in [-0.39, 0.29) is 0 Å². The summed E-state index contributed by atoms with van der Waals surface area (Å²) in [6.45, 7) is 0. The molecule has 0 bridgehead atoms. The molecule has 0 radical (unpaired) electrons. The summed E-state index contributed by atoms with van der Waals surface area (Å²) >= 11 is 0. The van der Waals surface area contributed by atoms with Gasteiger partial charge in [0.05, 0.1) is 16.7 Å². The Balaban J connectivity index is 1.71. The molecule has 0 aliphatic carbocycles. The maximum atomic E-state index is 5.31. The summed E-state index contributed by atoms with van der Waals surface area (Å²) in [5.41, 5.74) is 6.38. The van der Waals surface area contributed by atoms with Gasteiger partial charge in [-0.25, -0.2) is 4.98 Å². The van der Waals surface area contributed by atoms with E-state index >= 15 is 0 Å². The number of fused-ring (bicyclic) bond motifs is 6. The van der Waals surface area contributed by atoms with E-state index in [0.29, 0.717) is 0 Å². The van der Waals surface area contributed by atoms with Crippen molar-refractivity contribution in [2.24, 2.45) is 0 Å². The van der Waals surface area contributed by atoms with Crippen LogP contribution in [0.15, 0.2) is 109 Å². The Bertz CT molecular complexity index is 1630. The number of hydrogen-bond acceptors (Lipinski definition) is 2. The van der Waals surface area contributed by atoms with Crippen molar-refractivity contribution in [2.75, 3.05) is 0 Å². The summed E-state index contributed by atoms with van der Waals surface area (Å²) < 4.78 is 4.50. The average Bonchev–Trinajstić information content (AvgIpc) is 3.36.